The molecule has 0 heterocycles. The van der Waals surface area contributed by atoms with Crippen molar-refractivity contribution in [1.82, 2.24) is 10.2 Å². The fraction of sp³-hybridized carbons (Fsp3) is 0.625. The molecule has 0 amide bonds. The van der Waals surface area contributed by atoms with Crippen molar-refractivity contribution in [3.63, 3.8) is 0 Å². The Bertz CT molecular complexity index is 367. The highest BCUT2D eigenvalue weighted by atomic mass is 16.5. The van der Waals surface area contributed by atoms with E-state index in [9.17, 15) is 0 Å². The monoisotopic (exact) mass is 280 g/mol. The van der Waals surface area contributed by atoms with Crippen LogP contribution in [0.3, 0.4) is 0 Å². The van der Waals surface area contributed by atoms with Crippen LogP contribution in [-0.4, -0.2) is 51.4 Å². The number of rotatable bonds is 10. The number of likely N-dealkylation sites (N-methyl/N-ethyl adjacent to an activating group) is 1. The minimum atomic E-state index is 0.470. The predicted octanol–water partition coefficient (Wildman–Crippen LogP) is 2.14. The summed E-state index contributed by atoms with van der Waals surface area (Å²) in [6.45, 7) is 8.01. The average Bonchev–Trinajstić information content (AvgIpc) is 2.41. The smallest absolute Gasteiger partial charge is 0.123 e. The van der Waals surface area contributed by atoms with Gasteiger partial charge >= 0.3 is 0 Å². The van der Waals surface area contributed by atoms with Crippen LogP contribution >= 0.6 is 0 Å². The van der Waals surface area contributed by atoms with Crippen LogP contribution in [0.4, 0.5) is 0 Å². The van der Waals surface area contributed by atoms with Gasteiger partial charge in [-0.25, -0.2) is 0 Å². The molecule has 0 fully saturated rings. The number of hydrogen-bond acceptors (Lipinski definition) is 4. The van der Waals surface area contributed by atoms with Crippen LogP contribution in [0.2, 0.25) is 0 Å². The zero-order chi connectivity index (χ0) is 14.8. The molecule has 4 heteroatoms. The second kappa shape index (κ2) is 9.75. The Balaban J connectivity index is 2.28. The molecule has 0 aliphatic rings. The van der Waals surface area contributed by atoms with Crippen LogP contribution in [0.5, 0.6) is 5.75 Å². The van der Waals surface area contributed by atoms with Gasteiger partial charge in [-0.05, 0) is 20.2 Å². The van der Waals surface area contributed by atoms with E-state index >= 15 is 0 Å². The molecular formula is C16H28N2O2. The first-order valence-electron chi connectivity index (χ1n) is 7.26. The Morgan fingerprint density at radius 3 is 2.55 bits per heavy atom. The predicted molar refractivity (Wildman–Crippen MR) is 83.3 cm³/mol. The van der Waals surface area contributed by atoms with E-state index in [0.29, 0.717) is 19.3 Å². The van der Waals surface area contributed by atoms with Crippen molar-refractivity contribution in [3.05, 3.63) is 29.8 Å². The molecule has 0 unspecified atom stereocenters. The summed E-state index contributed by atoms with van der Waals surface area (Å²) >= 11 is 0. The van der Waals surface area contributed by atoms with Crippen LogP contribution in [0.25, 0.3) is 0 Å². The fourth-order valence-electron chi connectivity index (χ4n) is 1.66. The van der Waals surface area contributed by atoms with Crippen LogP contribution in [0.1, 0.15) is 19.4 Å². The molecule has 0 atom stereocenters. The number of ether oxygens (including phenoxy) is 2. The summed E-state index contributed by atoms with van der Waals surface area (Å²) in [6, 6.07) is 8.62. The second-order valence-electron chi connectivity index (χ2n) is 5.41. The van der Waals surface area contributed by atoms with E-state index in [1.54, 1.807) is 0 Å². The summed E-state index contributed by atoms with van der Waals surface area (Å²) < 4.78 is 11.3. The van der Waals surface area contributed by atoms with Gasteiger partial charge in [-0.2, -0.15) is 0 Å². The van der Waals surface area contributed by atoms with Crippen molar-refractivity contribution < 1.29 is 9.47 Å². The molecule has 0 radical (unpaired) electrons. The quantitative estimate of drug-likeness (QED) is 0.666. The van der Waals surface area contributed by atoms with E-state index in [4.69, 9.17) is 9.47 Å². The minimum Gasteiger partial charge on any atom is -0.491 e. The Kier molecular flexibility index (Phi) is 8.26. The number of hydrogen-bond donors (Lipinski definition) is 1. The van der Waals surface area contributed by atoms with Crippen molar-refractivity contribution in [1.29, 1.82) is 0 Å². The van der Waals surface area contributed by atoms with E-state index < -0.39 is 0 Å². The van der Waals surface area contributed by atoms with Gasteiger partial charge in [0.1, 0.15) is 12.4 Å². The summed E-state index contributed by atoms with van der Waals surface area (Å²) in [5, 5.41) is 3.41. The van der Waals surface area contributed by atoms with Gasteiger partial charge in [-0.1, -0.05) is 32.0 Å². The van der Waals surface area contributed by atoms with Crippen LogP contribution < -0.4 is 10.1 Å². The zero-order valence-corrected chi connectivity index (χ0v) is 13.2. The Labute approximate surface area is 123 Å². The first-order chi connectivity index (χ1) is 9.59. The van der Waals surface area contributed by atoms with Gasteiger partial charge in [0.2, 0.25) is 0 Å². The summed E-state index contributed by atoms with van der Waals surface area (Å²) in [5.74, 6) is 0.942. The van der Waals surface area contributed by atoms with Gasteiger partial charge < -0.3 is 19.7 Å². The third-order valence-corrected chi connectivity index (χ3v) is 2.84. The van der Waals surface area contributed by atoms with E-state index in [2.05, 4.69) is 30.1 Å². The molecule has 0 spiro atoms. The molecule has 0 saturated heterocycles. The second-order valence-corrected chi connectivity index (χ2v) is 5.41. The first kappa shape index (κ1) is 17.0. The number of nitrogens with one attached hydrogen (secondary N) is 1. The van der Waals surface area contributed by atoms with Gasteiger partial charge in [0, 0.05) is 24.7 Å². The molecule has 114 valence electrons. The van der Waals surface area contributed by atoms with Gasteiger partial charge in [-0.15, -0.1) is 0 Å². The minimum absolute atomic E-state index is 0.470. The molecule has 0 bridgehead atoms. The van der Waals surface area contributed by atoms with Crippen molar-refractivity contribution in [2.45, 2.75) is 26.4 Å². The average molecular weight is 280 g/mol. The summed E-state index contributed by atoms with van der Waals surface area (Å²) in [4.78, 5) is 2.10. The first-order valence-corrected chi connectivity index (χ1v) is 7.26. The van der Waals surface area contributed by atoms with Crippen LogP contribution in [0, 0.1) is 0 Å². The maximum atomic E-state index is 5.80. The Morgan fingerprint density at radius 2 is 1.85 bits per heavy atom. The van der Waals surface area contributed by atoms with Crippen molar-refractivity contribution in [3.8, 4) is 5.75 Å². The third-order valence-electron chi connectivity index (χ3n) is 2.84. The van der Waals surface area contributed by atoms with E-state index in [-0.39, 0.29) is 0 Å². The van der Waals surface area contributed by atoms with Crippen molar-refractivity contribution in [2.75, 3.05) is 40.5 Å². The summed E-state index contributed by atoms with van der Waals surface area (Å²) in [5.41, 5.74) is 1.19. The molecule has 1 rings (SSSR count). The fourth-order valence-corrected chi connectivity index (χ4v) is 1.66. The zero-order valence-electron chi connectivity index (χ0n) is 13.2. The SMILES string of the molecule is CC(C)NCc1ccccc1OCCOCCN(C)C. The highest BCUT2D eigenvalue weighted by Gasteiger charge is 2.03. The van der Waals surface area contributed by atoms with E-state index in [1.807, 2.05) is 32.3 Å². The topological polar surface area (TPSA) is 33.7 Å². The van der Waals surface area contributed by atoms with Crippen molar-refractivity contribution >= 4 is 0 Å². The molecule has 0 saturated carbocycles. The van der Waals surface area contributed by atoms with Crippen molar-refractivity contribution in [2.24, 2.45) is 0 Å². The maximum Gasteiger partial charge on any atom is 0.123 e. The van der Waals surface area contributed by atoms with Crippen LogP contribution in [-0.2, 0) is 11.3 Å². The van der Waals surface area contributed by atoms with Gasteiger partial charge in [0.25, 0.3) is 0 Å². The Hall–Kier alpha value is -1.10. The standard InChI is InChI=1S/C16H28N2O2/c1-14(2)17-13-15-7-5-6-8-16(15)20-12-11-19-10-9-18(3)4/h5-8,14,17H,9-13H2,1-4H3. The highest BCUT2D eigenvalue weighted by molar-refractivity contribution is 5.33. The molecule has 1 N–H and O–H groups in total. The lowest BCUT2D eigenvalue weighted by atomic mass is 10.2. The van der Waals surface area contributed by atoms with E-state index in [0.717, 1.165) is 25.4 Å². The number of para-hydroxylation sites is 1. The maximum absolute atomic E-state index is 5.80. The Morgan fingerprint density at radius 1 is 1.10 bits per heavy atom. The summed E-state index contributed by atoms with van der Waals surface area (Å²) in [7, 11) is 4.08. The number of nitrogens with zero attached hydrogens (tertiary/aromatic N) is 1. The molecular weight excluding hydrogens is 252 g/mol. The van der Waals surface area contributed by atoms with Gasteiger partial charge in [0.15, 0.2) is 0 Å². The largest absolute Gasteiger partial charge is 0.491 e. The molecule has 1 aromatic carbocycles. The lowest BCUT2D eigenvalue weighted by molar-refractivity contribution is 0.0886. The normalized spacial score (nSPS) is 11.3. The molecule has 0 aromatic heterocycles. The molecule has 1 aromatic rings. The highest BCUT2D eigenvalue weighted by Crippen LogP contribution is 2.17. The van der Waals surface area contributed by atoms with Crippen LogP contribution in [0.15, 0.2) is 24.3 Å². The lowest BCUT2D eigenvalue weighted by Crippen LogP contribution is -2.22. The lowest BCUT2D eigenvalue weighted by Gasteiger charge is -2.14. The molecule has 0 aliphatic heterocycles. The van der Waals surface area contributed by atoms with E-state index in [1.165, 1.54) is 5.56 Å². The molecule has 0 aliphatic carbocycles. The molecule has 4 nitrogen and oxygen atoms in total. The number of benzene rings is 1. The van der Waals surface area contributed by atoms with Gasteiger partial charge in [0.05, 0.1) is 13.2 Å². The third kappa shape index (κ3) is 7.48. The molecule has 20 heavy (non-hydrogen) atoms. The van der Waals surface area contributed by atoms with Gasteiger partial charge in [-0.3, -0.25) is 0 Å². The summed E-state index contributed by atoms with van der Waals surface area (Å²) in [6.07, 6.45) is 0.